The zero-order valence-corrected chi connectivity index (χ0v) is 15.3. The number of thiophene rings is 1. The van der Waals surface area contributed by atoms with E-state index in [-0.39, 0.29) is 12.4 Å². The van der Waals surface area contributed by atoms with E-state index in [1.165, 1.54) is 22.1 Å². The molecular weight excluding hydrogens is 358 g/mol. The molecule has 26 heavy (non-hydrogen) atoms. The third kappa shape index (κ3) is 3.45. The number of primary amides is 1. The van der Waals surface area contributed by atoms with Crippen molar-refractivity contribution in [3.8, 4) is 0 Å². The largest absolute Gasteiger partial charge is 0.390 e. The van der Waals surface area contributed by atoms with Gasteiger partial charge in [0.15, 0.2) is 0 Å². The Balaban J connectivity index is 1.81. The molecule has 0 aliphatic heterocycles. The van der Waals surface area contributed by atoms with E-state index in [9.17, 15) is 19.7 Å². The average Bonchev–Trinajstić information content (AvgIpc) is 3.07. The highest BCUT2D eigenvalue weighted by Crippen LogP contribution is 2.39. The van der Waals surface area contributed by atoms with E-state index in [1.807, 2.05) is 0 Å². The van der Waals surface area contributed by atoms with Crippen molar-refractivity contribution in [3.05, 3.63) is 37.9 Å². The molecule has 138 valence electrons. The smallest absolute Gasteiger partial charge is 0.365 e. The number of nitrogens with two attached hydrogens (primary N) is 1. The topological polar surface area (TPSA) is 133 Å². The van der Waals surface area contributed by atoms with E-state index in [0.29, 0.717) is 22.2 Å². The number of fused-ring (bicyclic) bond motifs is 1. The van der Waals surface area contributed by atoms with E-state index in [4.69, 9.17) is 5.73 Å². The molecule has 2 aromatic heterocycles. The van der Waals surface area contributed by atoms with E-state index < -0.39 is 16.7 Å². The predicted octanol–water partition coefficient (Wildman–Crippen LogP) is 2.02. The number of nitro groups is 1. The van der Waals surface area contributed by atoms with Gasteiger partial charge in [0, 0.05) is 4.88 Å². The fraction of sp³-hybridized carbons (Fsp3) is 0.438. The molecule has 0 saturated carbocycles. The number of carbonyl (C=O) groups excluding carboxylic acids is 2. The van der Waals surface area contributed by atoms with Crippen molar-refractivity contribution < 1.29 is 14.5 Å². The van der Waals surface area contributed by atoms with Crippen molar-refractivity contribution in [1.82, 2.24) is 9.78 Å². The van der Waals surface area contributed by atoms with Crippen LogP contribution in [0.25, 0.3) is 0 Å². The van der Waals surface area contributed by atoms with Crippen LogP contribution in [0.4, 0.5) is 10.8 Å². The Labute approximate surface area is 153 Å². The number of nitrogens with one attached hydrogen (secondary N) is 1. The number of nitrogens with zero attached hydrogens (tertiary/aromatic N) is 3. The molecule has 0 radical (unpaired) electrons. The van der Waals surface area contributed by atoms with Gasteiger partial charge < -0.3 is 21.2 Å². The summed E-state index contributed by atoms with van der Waals surface area (Å²) in [6, 6.07) is 1.30. The maximum atomic E-state index is 12.4. The molecule has 2 aromatic rings. The van der Waals surface area contributed by atoms with Crippen molar-refractivity contribution in [2.24, 2.45) is 11.7 Å². The molecule has 0 fully saturated rings. The molecule has 3 rings (SSSR count). The number of anilines is 1. The maximum absolute atomic E-state index is 12.4. The molecule has 0 spiro atoms. The summed E-state index contributed by atoms with van der Waals surface area (Å²) in [6.07, 6.45) is 2.61. The first-order valence-electron chi connectivity index (χ1n) is 8.19. The number of hydrogen-bond donors (Lipinski definition) is 2. The Bertz CT molecular complexity index is 901. The van der Waals surface area contributed by atoms with Gasteiger partial charge in [0.2, 0.25) is 5.91 Å². The molecule has 9 nitrogen and oxygen atoms in total. The number of aromatic nitrogens is 2. The van der Waals surface area contributed by atoms with E-state index in [0.717, 1.165) is 29.7 Å². The van der Waals surface area contributed by atoms with Gasteiger partial charge in [-0.25, -0.2) is 0 Å². The van der Waals surface area contributed by atoms with Gasteiger partial charge in [0.1, 0.15) is 11.5 Å². The lowest BCUT2D eigenvalue weighted by atomic mass is 9.88. The fourth-order valence-electron chi connectivity index (χ4n) is 3.14. The molecule has 1 aliphatic rings. The molecule has 2 heterocycles. The van der Waals surface area contributed by atoms with Crippen LogP contribution < -0.4 is 11.1 Å². The third-order valence-electron chi connectivity index (χ3n) is 4.46. The van der Waals surface area contributed by atoms with Crippen molar-refractivity contribution in [2.75, 3.05) is 5.32 Å². The van der Waals surface area contributed by atoms with Crippen LogP contribution in [0.5, 0.6) is 0 Å². The van der Waals surface area contributed by atoms with Crippen LogP contribution in [-0.4, -0.2) is 26.5 Å². The first kappa shape index (κ1) is 18.1. The second-order valence-corrected chi connectivity index (χ2v) is 7.63. The summed E-state index contributed by atoms with van der Waals surface area (Å²) in [5.74, 6) is -0.759. The highest BCUT2D eigenvalue weighted by molar-refractivity contribution is 7.17. The van der Waals surface area contributed by atoms with Crippen molar-refractivity contribution in [1.29, 1.82) is 0 Å². The van der Waals surface area contributed by atoms with Crippen molar-refractivity contribution in [2.45, 2.75) is 39.7 Å². The number of carbonyl (C=O) groups is 2. The number of amides is 2. The molecule has 0 bridgehead atoms. The van der Waals surface area contributed by atoms with E-state index in [1.54, 1.807) is 6.92 Å². The van der Waals surface area contributed by atoms with Gasteiger partial charge in [-0.1, -0.05) is 6.92 Å². The molecule has 1 aliphatic carbocycles. The summed E-state index contributed by atoms with van der Waals surface area (Å²) in [5.41, 5.74) is 7.35. The number of aryl methyl sites for hydroxylation is 1. The van der Waals surface area contributed by atoms with Gasteiger partial charge in [-0.2, -0.15) is 4.68 Å². The minimum atomic E-state index is -0.610. The number of rotatable bonds is 5. The summed E-state index contributed by atoms with van der Waals surface area (Å²) < 4.78 is 1.26. The van der Waals surface area contributed by atoms with Crippen LogP contribution in [0, 0.1) is 23.0 Å². The summed E-state index contributed by atoms with van der Waals surface area (Å²) in [5, 5.41) is 17.7. The van der Waals surface area contributed by atoms with Crippen molar-refractivity contribution in [3.63, 3.8) is 0 Å². The molecule has 0 saturated heterocycles. The van der Waals surface area contributed by atoms with Crippen LogP contribution in [0.3, 0.4) is 0 Å². The number of hydrogen-bond acceptors (Lipinski definition) is 6. The van der Waals surface area contributed by atoms with Crippen LogP contribution in [0.1, 0.15) is 39.8 Å². The predicted molar refractivity (Wildman–Crippen MR) is 96.3 cm³/mol. The minimum absolute atomic E-state index is 0.184. The summed E-state index contributed by atoms with van der Waals surface area (Å²) >= 11 is 1.38. The monoisotopic (exact) mass is 377 g/mol. The third-order valence-corrected chi connectivity index (χ3v) is 5.63. The van der Waals surface area contributed by atoms with Crippen LogP contribution in [0.2, 0.25) is 0 Å². The summed E-state index contributed by atoms with van der Waals surface area (Å²) in [7, 11) is 0. The van der Waals surface area contributed by atoms with Crippen LogP contribution in [-0.2, 0) is 24.2 Å². The summed E-state index contributed by atoms with van der Waals surface area (Å²) in [4.78, 5) is 35.5. The molecular formula is C16H19N5O4S. The summed E-state index contributed by atoms with van der Waals surface area (Å²) in [6.45, 7) is 3.60. The lowest BCUT2D eigenvalue weighted by Crippen LogP contribution is -2.22. The lowest BCUT2D eigenvalue weighted by Gasteiger charge is -2.18. The second-order valence-electron chi connectivity index (χ2n) is 6.53. The minimum Gasteiger partial charge on any atom is -0.365 e. The Morgan fingerprint density at radius 1 is 1.54 bits per heavy atom. The lowest BCUT2D eigenvalue weighted by molar-refractivity contribution is -0.389. The van der Waals surface area contributed by atoms with Crippen molar-refractivity contribution >= 4 is 34.0 Å². The zero-order valence-electron chi connectivity index (χ0n) is 14.4. The SMILES string of the molecule is Cc1cc([N+](=O)[O-])nn1CC(=O)Nc1sc2c(c1C(N)=O)CCC(C)C2. The molecule has 3 N–H and O–H groups in total. The highest BCUT2D eigenvalue weighted by atomic mass is 32.1. The first-order chi connectivity index (χ1) is 12.3. The van der Waals surface area contributed by atoms with Gasteiger partial charge in [-0.3, -0.25) is 9.59 Å². The van der Waals surface area contributed by atoms with Gasteiger partial charge in [0.05, 0.1) is 22.4 Å². The van der Waals surface area contributed by atoms with Gasteiger partial charge in [-0.15, -0.1) is 11.3 Å². The molecule has 1 atom stereocenters. The zero-order chi connectivity index (χ0) is 19.0. The highest BCUT2D eigenvalue weighted by Gasteiger charge is 2.27. The molecule has 1 unspecified atom stereocenters. The van der Waals surface area contributed by atoms with E-state index in [2.05, 4.69) is 17.3 Å². The quantitative estimate of drug-likeness (QED) is 0.607. The Morgan fingerprint density at radius 2 is 2.27 bits per heavy atom. The molecule has 0 aromatic carbocycles. The normalized spacial score (nSPS) is 16.2. The van der Waals surface area contributed by atoms with Gasteiger partial charge in [0.25, 0.3) is 5.91 Å². The van der Waals surface area contributed by atoms with Crippen LogP contribution >= 0.6 is 11.3 Å². The van der Waals surface area contributed by atoms with E-state index >= 15 is 0 Å². The van der Waals surface area contributed by atoms with Gasteiger partial charge >= 0.3 is 5.82 Å². The van der Waals surface area contributed by atoms with Crippen LogP contribution in [0.15, 0.2) is 6.07 Å². The molecule has 2 amide bonds. The molecule has 10 heteroatoms. The second kappa shape index (κ2) is 6.87. The fourth-order valence-corrected chi connectivity index (χ4v) is 4.58. The standard InChI is InChI=1S/C16H19N5O4S/c1-8-3-4-10-11(5-8)26-16(14(10)15(17)23)18-13(22)7-20-9(2)6-12(19-20)21(24)25/h6,8H,3-5,7H2,1-2H3,(H2,17,23)(H,18,22). The first-order valence-corrected chi connectivity index (χ1v) is 9.01. The Kier molecular flexibility index (Phi) is 4.77. The average molecular weight is 377 g/mol. The Hall–Kier alpha value is -2.75. The Morgan fingerprint density at radius 3 is 2.88 bits per heavy atom. The van der Waals surface area contributed by atoms with Gasteiger partial charge in [-0.05, 0) is 42.6 Å². The maximum Gasteiger partial charge on any atom is 0.390 e.